The third kappa shape index (κ3) is 2.95. The van der Waals surface area contributed by atoms with Crippen LogP contribution in [-0.4, -0.2) is 22.1 Å². The predicted molar refractivity (Wildman–Crippen MR) is 61.2 cm³/mol. The van der Waals surface area contributed by atoms with E-state index >= 15 is 0 Å². The molecule has 1 unspecified atom stereocenters. The van der Waals surface area contributed by atoms with Gasteiger partial charge in [0.15, 0.2) is 0 Å². The van der Waals surface area contributed by atoms with E-state index in [9.17, 15) is 4.79 Å². The van der Waals surface area contributed by atoms with Crippen molar-refractivity contribution in [2.24, 2.45) is 5.73 Å². The number of nitrogens with one attached hydrogen (secondary N) is 1. The van der Waals surface area contributed by atoms with Gasteiger partial charge in [0.25, 0.3) is 0 Å². The molecule has 0 fully saturated rings. The zero-order valence-corrected chi connectivity index (χ0v) is 12.4. The van der Waals surface area contributed by atoms with E-state index in [1.807, 2.05) is 25.3 Å². The van der Waals surface area contributed by atoms with Crippen LogP contribution >= 0.6 is 0 Å². The van der Waals surface area contributed by atoms with E-state index in [0.717, 1.165) is 22.0 Å². The zero-order valence-electron chi connectivity index (χ0n) is 9.53. The largest absolute Gasteiger partial charge is 0.480 e. The second-order valence-corrected chi connectivity index (χ2v) is 3.89. The molecule has 5 heteroatoms. The molecule has 1 aromatic carbocycles. The average Bonchev–Trinajstić information content (AvgIpc) is 2.63. The van der Waals surface area contributed by atoms with Crippen molar-refractivity contribution < 1.29 is 42.6 Å². The summed E-state index contributed by atoms with van der Waals surface area (Å²) in [6, 6.07) is 5.88. The van der Waals surface area contributed by atoms with E-state index in [1.54, 1.807) is 0 Å². The van der Waals surface area contributed by atoms with Gasteiger partial charge in [-0.05, 0) is 18.2 Å². The number of carbonyl (C=O) groups is 1. The van der Waals surface area contributed by atoms with Crippen molar-refractivity contribution in [1.82, 2.24) is 4.98 Å². The average molecular weight is 306 g/mol. The number of H-pyrrole nitrogens is 1. The number of aromatic amines is 1. The van der Waals surface area contributed by atoms with E-state index in [0.29, 0.717) is 6.42 Å². The number of hydrogen-bond acceptors (Lipinski definition) is 2. The molecular weight excluding hydrogens is 293 g/mol. The molecule has 4 nitrogen and oxygen atoms in total. The molecule has 0 bridgehead atoms. The first-order chi connectivity index (χ1) is 7.59. The normalized spacial score (nSPS) is 12.1. The maximum atomic E-state index is 10.7. The molecule has 1 heterocycles. The Morgan fingerprint density at radius 1 is 1.59 bits per heavy atom. The summed E-state index contributed by atoms with van der Waals surface area (Å²) in [5, 5.41) is 9.83. The molecule has 17 heavy (non-hydrogen) atoms. The summed E-state index contributed by atoms with van der Waals surface area (Å²) in [7, 11) is 0. The van der Waals surface area contributed by atoms with E-state index < -0.39 is 12.0 Å². The molecule has 0 aliphatic carbocycles. The summed E-state index contributed by atoms with van der Waals surface area (Å²) in [5.74, 6) is -0.977. The summed E-state index contributed by atoms with van der Waals surface area (Å²) in [5.41, 5.74) is 8.51. The fraction of sp³-hybridized carbons (Fsp3) is 0.250. The molecule has 1 radical (unpaired) electrons. The third-order valence-corrected chi connectivity index (χ3v) is 2.67. The summed E-state index contributed by atoms with van der Waals surface area (Å²) in [4.78, 5) is 13.8. The maximum Gasteiger partial charge on any atom is 0.320 e. The van der Waals surface area contributed by atoms with Gasteiger partial charge in [0, 0.05) is 32.7 Å². The number of aryl methyl sites for hydroxylation is 1. The topological polar surface area (TPSA) is 79.1 Å². The first-order valence-electron chi connectivity index (χ1n) is 5.04. The number of hydrogen-bond donors (Lipinski definition) is 3. The van der Waals surface area contributed by atoms with Gasteiger partial charge in [-0.3, -0.25) is 4.79 Å². The van der Waals surface area contributed by atoms with Crippen LogP contribution in [0.15, 0.2) is 18.3 Å². The fourth-order valence-electron chi connectivity index (χ4n) is 1.87. The van der Waals surface area contributed by atoms with E-state index in [2.05, 4.69) is 11.1 Å². The second-order valence-electron chi connectivity index (χ2n) is 3.89. The summed E-state index contributed by atoms with van der Waals surface area (Å²) >= 11 is 0. The Labute approximate surface area is 124 Å². The number of carboxylic acids is 1. The SMILES string of the molecule is Cc1c[c-]cc2[nH]cc(CC(N)C(=O)O)c12.[Y]. The predicted octanol–water partition coefficient (Wildman–Crippen LogP) is 1.23. The minimum Gasteiger partial charge on any atom is -0.480 e. The first kappa shape index (κ1) is 14.4. The number of benzene rings is 1. The number of aromatic nitrogens is 1. The molecular formula is C12H13N2O2Y-. The van der Waals surface area contributed by atoms with Gasteiger partial charge in [0.05, 0.1) is 0 Å². The molecule has 0 amide bonds. The number of rotatable bonds is 3. The summed E-state index contributed by atoms with van der Waals surface area (Å²) in [6.45, 7) is 1.97. The summed E-state index contributed by atoms with van der Waals surface area (Å²) < 4.78 is 0. The Balaban J connectivity index is 0.00000144. The Morgan fingerprint density at radius 3 is 2.94 bits per heavy atom. The van der Waals surface area contributed by atoms with E-state index in [1.165, 1.54) is 0 Å². The molecule has 1 aromatic heterocycles. The number of fused-ring (bicyclic) bond motifs is 1. The van der Waals surface area contributed by atoms with Crippen LogP contribution in [0.5, 0.6) is 0 Å². The quantitative estimate of drug-likeness (QED) is 0.746. The summed E-state index contributed by atoms with van der Waals surface area (Å²) in [6.07, 6.45) is 2.15. The molecule has 0 saturated carbocycles. The molecule has 1 atom stereocenters. The van der Waals surface area contributed by atoms with Crippen molar-refractivity contribution in [1.29, 1.82) is 0 Å². The van der Waals surface area contributed by atoms with Crippen molar-refractivity contribution in [2.75, 3.05) is 0 Å². The number of nitrogens with two attached hydrogens (primary N) is 1. The second kappa shape index (κ2) is 5.76. The van der Waals surface area contributed by atoms with Gasteiger partial charge < -0.3 is 15.8 Å². The molecule has 0 aliphatic rings. The van der Waals surface area contributed by atoms with Gasteiger partial charge in [-0.2, -0.15) is 18.2 Å². The van der Waals surface area contributed by atoms with Gasteiger partial charge in [0.2, 0.25) is 0 Å². The smallest absolute Gasteiger partial charge is 0.320 e. The van der Waals surface area contributed by atoms with Crippen molar-refractivity contribution >= 4 is 16.9 Å². The van der Waals surface area contributed by atoms with Gasteiger partial charge in [-0.15, -0.1) is 10.9 Å². The Kier molecular flexibility index (Phi) is 4.86. The minimum atomic E-state index is -0.977. The van der Waals surface area contributed by atoms with Crippen LogP contribution < -0.4 is 5.73 Å². The monoisotopic (exact) mass is 306 g/mol. The molecule has 87 valence electrons. The molecule has 2 rings (SSSR count). The van der Waals surface area contributed by atoms with Crippen LogP contribution in [0.25, 0.3) is 10.9 Å². The number of aliphatic carboxylic acids is 1. The standard InChI is InChI=1S/C12H13N2O2.Y/c1-7-3-2-4-10-11(7)8(6-14-10)5-9(13)12(15)16;/h3-4,6,9,14H,5,13H2,1H3,(H,15,16);/q-1;. The Hall–Kier alpha value is -0.706. The zero-order chi connectivity index (χ0) is 11.7. The van der Waals surface area contributed by atoms with Gasteiger partial charge >= 0.3 is 5.97 Å². The van der Waals surface area contributed by atoms with Crippen LogP contribution in [0.2, 0.25) is 0 Å². The molecule has 0 saturated heterocycles. The Morgan fingerprint density at radius 2 is 2.29 bits per heavy atom. The van der Waals surface area contributed by atoms with Crippen molar-refractivity contribution in [3.05, 3.63) is 35.5 Å². The van der Waals surface area contributed by atoms with Crippen molar-refractivity contribution in [3.8, 4) is 0 Å². The third-order valence-electron chi connectivity index (χ3n) is 2.67. The molecule has 4 N–H and O–H groups in total. The van der Waals surface area contributed by atoms with Crippen LogP contribution in [0.4, 0.5) is 0 Å². The van der Waals surface area contributed by atoms with E-state index in [4.69, 9.17) is 10.8 Å². The minimum absolute atomic E-state index is 0. The van der Waals surface area contributed by atoms with Gasteiger partial charge in [-0.25, -0.2) is 0 Å². The van der Waals surface area contributed by atoms with Crippen molar-refractivity contribution in [2.45, 2.75) is 19.4 Å². The maximum absolute atomic E-state index is 10.7. The van der Waals surface area contributed by atoms with Crippen LogP contribution in [-0.2, 0) is 43.9 Å². The van der Waals surface area contributed by atoms with E-state index in [-0.39, 0.29) is 32.7 Å². The molecule has 0 aliphatic heterocycles. The molecule has 0 spiro atoms. The Bertz CT molecular complexity index is 536. The van der Waals surface area contributed by atoms with Crippen molar-refractivity contribution in [3.63, 3.8) is 0 Å². The van der Waals surface area contributed by atoms with Gasteiger partial charge in [-0.1, -0.05) is 12.4 Å². The van der Waals surface area contributed by atoms with Crippen LogP contribution in [0, 0.1) is 13.0 Å². The number of carboxylic acid groups (broad SMARTS) is 1. The first-order valence-corrected chi connectivity index (χ1v) is 5.04. The van der Waals surface area contributed by atoms with Crippen LogP contribution in [0.3, 0.4) is 0 Å². The van der Waals surface area contributed by atoms with Gasteiger partial charge in [0.1, 0.15) is 6.04 Å². The molecule has 2 aromatic rings. The fourth-order valence-corrected chi connectivity index (χ4v) is 1.87. The van der Waals surface area contributed by atoms with Crippen LogP contribution in [0.1, 0.15) is 11.1 Å².